The van der Waals surface area contributed by atoms with Gasteiger partial charge in [-0.3, -0.25) is 9.59 Å². The molecule has 2 N–H and O–H groups in total. The predicted molar refractivity (Wildman–Crippen MR) is 89.0 cm³/mol. The lowest BCUT2D eigenvalue weighted by molar-refractivity contribution is -0.136. The summed E-state index contributed by atoms with van der Waals surface area (Å²) in [5.41, 5.74) is 0.474. The highest BCUT2D eigenvalue weighted by atomic mass is 35.5. The maximum atomic E-state index is 12.2. The van der Waals surface area contributed by atoms with Crippen molar-refractivity contribution in [2.75, 3.05) is 13.1 Å². The lowest BCUT2D eigenvalue weighted by Gasteiger charge is -2.33. The molecule has 2 amide bonds. The third kappa shape index (κ3) is 4.69. The molecule has 1 unspecified atom stereocenters. The molecule has 1 aliphatic heterocycles. The average Bonchev–Trinajstić information content (AvgIpc) is 2.54. The van der Waals surface area contributed by atoms with Gasteiger partial charge in [-0.1, -0.05) is 37.6 Å². The quantitative estimate of drug-likeness (QED) is 0.883. The van der Waals surface area contributed by atoms with Crippen molar-refractivity contribution in [3.63, 3.8) is 0 Å². The summed E-state index contributed by atoms with van der Waals surface area (Å²) < 4.78 is 0. The Balaban J connectivity index is 1.86. The van der Waals surface area contributed by atoms with Gasteiger partial charge in [-0.2, -0.15) is 0 Å². The number of piperidine rings is 1. The number of likely N-dealkylation sites (tertiary alicyclic amines) is 1. The molecule has 0 aliphatic carbocycles. The van der Waals surface area contributed by atoms with Crippen molar-refractivity contribution in [2.24, 2.45) is 5.92 Å². The minimum Gasteiger partial charge on any atom is -0.378 e. The first-order valence-electron chi connectivity index (χ1n) is 7.91. The van der Waals surface area contributed by atoms with Gasteiger partial charge in [0.15, 0.2) is 6.10 Å². The predicted octanol–water partition coefficient (Wildman–Crippen LogP) is 2.14. The van der Waals surface area contributed by atoms with E-state index >= 15 is 0 Å². The first kappa shape index (κ1) is 17.8. The topological polar surface area (TPSA) is 69.6 Å². The van der Waals surface area contributed by atoms with Crippen LogP contribution in [0.3, 0.4) is 0 Å². The number of carbonyl (C=O) groups is 2. The van der Waals surface area contributed by atoms with Gasteiger partial charge in [0.25, 0.3) is 5.91 Å². The lowest BCUT2D eigenvalue weighted by atomic mass is 10.0. The van der Waals surface area contributed by atoms with Crippen LogP contribution in [0.1, 0.15) is 38.4 Å². The normalized spacial score (nSPS) is 17.2. The highest BCUT2D eigenvalue weighted by Crippen LogP contribution is 2.19. The van der Waals surface area contributed by atoms with Gasteiger partial charge in [0, 0.05) is 30.1 Å². The number of nitrogens with zero attached hydrogens (tertiary/aromatic N) is 1. The molecule has 0 bridgehead atoms. The molecule has 0 saturated carbocycles. The lowest BCUT2D eigenvalue weighted by Crippen LogP contribution is -2.48. The molecule has 1 saturated heterocycles. The molecule has 1 aromatic carbocycles. The summed E-state index contributed by atoms with van der Waals surface area (Å²) >= 11 is 5.88. The number of nitrogens with one attached hydrogen (secondary N) is 1. The fourth-order valence-electron chi connectivity index (χ4n) is 2.72. The largest absolute Gasteiger partial charge is 0.378 e. The molecular formula is C17H23ClN2O3. The van der Waals surface area contributed by atoms with E-state index in [-0.39, 0.29) is 17.9 Å². The number of amides is 2. The van der Waals surface area contributed by atoms with Crippen molar-refractivity contribution in [3.8, 4) is 0 Å². The van der Waals surface area contributed by atoms with Gasteiger partial charge in [-0.15, -0.1) is 0 Å². The molecule has 126 valence electrons. The Morgan fingerprint density at radius 1 is 1.30 bits per heavy atom. The van der Waals surface area contributed by atoms with Crippen LogP contribution in [-0.2, 0) is 9.59 Å². The molecule has 1 aromatic rings. The zero-order chi connectivity index (χ0) is 17.0. The van der Waals surface area contributed by atoms with Crippen LogP contribution < -0.4 is 5.32 Å². The van der Waals surface area contributed by atoms with Crippen LogP contribution >= 0.6 is 11.6 Å². The molecule has 5 nitrogen and oxygen atoms in total. The smallest absolute Gasteiger partial charge is 0.253 e. The third-order valence-electron chi connectivity index (χ3n) is 4.06. The van der Waals surface area contributed by atoms with E-state index in [1.165, 1.54) is 0 Å². The monoisotopic (exact) mass is 338 g/mol. The number of rotatable bonds is 4. The van der Waals surface area contributed by atoms with Crippen molar-refractivity contribution in [1.29, 1.82) is 0 Å². The highest BCUT2D eigenvalue weighted by Gasteiger charge is 2.27. The number of aliphatic hydroxyl groups excluding tert-OH is 1. The van der Waals surface area contributed by atoms with Gasteiger partial charge in [-0.05, 0) is 30.5 Å². The standard InChI is InChI=1S/C17H23ClN2O3/c1-11(2)17(23)20-8-6-14(7-9-20)19-16(22)15(21)12-4-3-5-13(18)10-12/h3-5,10-11,14-15,21H,6-9H2,1-2H3,(H,19,22). The molecule has 6 heteroatoms. The van der Waals surface area contributed by atoms with Gasteiger partial charge in [0.2, 0.25) is 5.91 Å². The minimum absolute atomic E-state index is 0.00853. The third-order valence-corrected chi connectivity index (χ3v) is 4.29. The van der Waals surface area contributed by atoms with E-state index in [0.29, 0.717) is 36.5 Å². The Morgan fingerprint density at radius 3 is 2.52 bits per heavy atom. The zero-order valence-corrected chi connectivity index (χ0v) is 14.2. The molecule has 1 heterocycles. The van der Waals surface area contributed by atoms with Crippen molar-refractivity contribution in [1.82, 2.24) is 10.2 Å². The van der Waals surface area contributed by atoms with Crippen LogP contribution in [0.2, 0.25) is 5.02 Å². The Labute approximate surface area is 141 Å². The number of carbonyl (C=O) groups excluding carboxylic acids is 2. The van der Waals surface area contributed by atoms with E-state index in [0.717, 1.165) is 0 Å². The van der Waals surface area contributed by atoms with Gasteiger partial charge in [0.05, 0.1) is 0 Å². The zero-order valence-electron chi connectivity index (χ0n) is 13.5. The number of halogens is 1. The van der Waals surface area contributed by atoms with E-state index < -0.39 is 12.0 Å². The maximum Gasteiger partial charge on any atom is 0.253 e. The first-order chi connectivity index (χ1) is 10.9. The van der Waals surface area contributed by atoms with Crippen LogP contribution in [0.5, 0.6) is 0 Å². The van der Waals surface area contributed by atoms with E-state index in [9.17, 15) is 14.7 Å². The van der Waals surface area contributed by atoms with Crippen molar-refractivity contribution >= 4 is 23.4 Å². The Morgan fingerprint density at radius 2 is 1.96 bits per heavy atom. The SMILES string of the molecule is CC(C)C(=O)N1CCC(NC(=O)C(O)c2cccc(Cl)c2)CC1. The number of hydrogen-bond donors (Lipinski definition) is 2. The Kier molecular flexibility index (Phi) is 6.02. The minimum atomic E-state index is -1.23. The summed E-state index contributed by atoms with van der Waals surface area (Å²) in [6, 6.07) is 6.62. The molecule has 2 rings (SSSR count). The van der Waals surface area contributed by atoms with E-state index in [4.69, 9.17) is 11.6 Å². The highest BCUT2D eigenvalue weighted by molar-refractivity contribution is 6.30. The maximum absolute atomic E-state index is 12.2. The van der Waals surface area contributed by atoms with Crippen LogP contribution in [0.15, 0.2) is 24.3 Å². The number of aliphatic hydroxyl groups is 1. The molecule has 1 aliphatic rings. The van der Waals surface area contributed by atoms with Gasteiger partial charge in [0.1, 0.15) is 0 Å². The van der Waals surface area contributed by atoms with E-state index in [1.54, 1.807) is 24.3 Å². The number of benzene rings is 1. The Hall–Kier alpha value is -1.59. The summed E-state index contributed by atoms with van der Waals surface area (Å²) in [5.74, 6) is -0.291. The second kappa shape index (κ2) is 7.79. The van der Waals surface area contributed by atoms with Crippen molar-refractivity contribution in [2.45, 2.75) is 38.8 Å². The van der Waals surface area contributed by atoms with Gasteiger partial charge in [-0.25, -0.2) is 0 Å². The van der Waals surface area contributed by atoms with Crippen molar-refractivity contribution in [3.05, 3.63) is 34.9 Å². The van der Waals surface area contributed by atoms with Gasteiger partial charge < -0.3 is 15.3 Å². The molecule has 0 aromatic heterocycles. The van der Waals surface area contributed by atoms with Crippen LogP contribution in [-0.4, -0.2) is 41.0 Å². The van der Waals surface area contributed by atoms with E-state index in [2.05, 4.69) is 5.32 Å². The van der Waals surface area contributed by atoms with E-state index in [1.807, 2.05) is 18.7 Å². The average molecular weight is 339 g/mol. The summed E-state index contributed by atoms with van der Waals surface area (Å²) in [4.78, 5) is 25.9. The van der Waals surface area contributed by atoms with Crippen LogP contribution in [0, 0.1) is 5.92 Å². The fourth-order valence-corrected chi connectivity index (χ4v) is 2.92. The van der Waals surface area contributed by atoms with Crippen molar-refractivity contribution < 1.29 is 14.7 Å². The fraction of sp³-hybridized carbons (Fsp3) is 0.529. The molecule has 0 radical (unpaired) electrons. The van der Waals surface area contributed by atoms with Crippen LogP contribution in [0.4, 0.5) is 0 Å². The molecular weight excluding hydrogens is 316 g/mol. The summed E-state index contributed by atoms with van der Waals surface area (Å²) in [5, 5.41) is 13.5. The number of hydrogen-bond acceptors (Lipinski definition) is 3. The summed E-state index contributed by atoms with van der Waals surface area (Å²) in [7, 11) is 0. The first-order valence-corrected chi connectivity index (χ1v) is 8.29. The molecule has 23 heavy (non-hydrogen) atoms. The molecule has 1 fully saturated rings. The van der Waals surface area contributed by atoms with Crippen LogP contribution in [0.25, 0.3) is 0 Å². The second-order valence-corrected chi connectivity index (χ2v) is 6.66. The Bertz CT molecular complexity index is 569. The molecule has 1 atom stereocenters. The molecule has 0 spiro atoms. The second-order valence-electron chi connectivity index (χ2n) is 6.22. The summed E-state index contributed by atoms with van der Waals surface area (Å²) in [6.07, 6.45) is 0.169. The van der Waals surface area contributed by atoms with Gasteiger partial charge >= 0.3 is 0 Å². The summed E-state index contributed by atoms with van der Waals surface area (Å²) in [6.45, 7) is 5.04.